The first kappa shape index (κ1) is 20.9. The maximum absolute atomic E-state index is 13.4. The molecule has 3 aliphatic rings. The zero-order chi connectivity index (χ0) is 22.6. The van der Waals surface area contributed by atoms with E-state index in [1.54, 1.807) is 0 Å². The molecule has 31 heavy (non-hydrogen) atoms. The zero-order valence-electron chi connectivity index (χ0n) is 16.1. The number of aliphatic carboxylic acids is 1. The maximum Gasteiger partial charge on any atom is 0.418 e. The number of nitrogens with one attached hydrogen (secondary N) is 1. The Balaban J connectivity index is 1.65. The molecule has 2 N–H and O–H groups in total. The molecule has 3 atom stereocenters. The molecule has 164 valence electrons. The monoisotopic (exact) mass is 439 g/mol. The molecular formula is C19H17F4N5O3. The van der Waals surface area contributed by atoms with Crippen molar-refractivity contribution in [3.63, 3.8) is 0 Å². The van der Waals surface area contributed by atoms with E-state index in [9.17, 15) is 32.3 Å². The van der Waals surface area contributed by atoms with Crippen LogP contribution in [0.2, 0.25) is 0 Å². The summed E-state index contributed by atoms with van der Waals surface area (Å²) in [5.41, 5.74) is -2.99. The van der Waals surface area contributed by atoms with E-state index >= 15 is 0 Å². The number of anilines is 1. The predicted octanol–water partition coefficient (Wildman–Crippen LogP) is 3.56. The van der Waals surface area contributed by atoms with Crippen molar-refractivity contribution in [2.24, 2.45) is 5.92 Å². The van der Waals surface area contributed by atoms with E-state index in [0.717, 1.165) is 18.5 Å². The Hall–Kier alpha value is -3.31. The molecule has 2 unspecified atom stereocenters. The molecule has 8 nitrogen and oxygen atoms in total. The van der Waals surface area contributed by atoms with Crippen molar-refractivity contribution in [3.8, 4) is 11.4 Å². The van der Waals surface area contributed by atoms with Gasteiger partial charge in [-0.2, -0.15) is 13.2 Å². The molecule has 0 radical (unpaired) electrons. The summed E-state index contributed by atoms with van der Waals surface area (Å²) in [6.45, 7) is 1.91. The summed E-state index contributed by atoms with van der Waals surface area (Å²) < 4.78 is 53.3. The van der Waals surface area contributed by atoms with E-state index in [0.29, 0.717) is 25.5 Å². The number of fused-ring (bicyclic) bond motifs is 2. The molecule has 2 saturated heterocycles. The van der Waals surface area contributed by atoms with Crippen molar-refractivity contribution >= 4 is 17.8 Å². The number of halogens is 4. The molecule has 0 aromatic carbocycles. The normalized spacial score (nSPS) is 25.0. The lowest BCUT2D eigenvalue weighted by Crippen LogP contribution is -2.75. The second-order valence-corrected chi connectivity index (χ2v) is 7.88. The van der Waals surface area contributed by atoms with Crippen molar-refractivity contribution < 1.29 is 32.3 Å². The molecule has 3 fully saturated rings. The van der Waals surface area contributed by atoms with Gasteiger partial charge in [0, 0.05) is 24.2 Å². The minimum absolute atomic E-state index is 0.130. The Morgan fingerprint density at radius 3 is 2.48 bits per heavy atom. The fraction of sp³-hybridized carbons (Fsp3) is 0.421. The molecule has 0 spiro atoms. The second kappa shape index (κ2) is 7.13. The third-order valence-corrected chi connectivity index (χ3v) is 5.68. The van der Waals surface area contributed by atoms with Gasteiger partial charge in [-0.05, 0) is 24.8 Å². The van der Waals surface area contributed by atoms with E-state index in [2.05, 4.69) is 20.3 Å². The highest BCUT2D eigenvalue weighted by molar-refractivity contribution is 5.96. The number of carboxylic acids is 1. The zero-order valence-corrected chi connectivity index (χ0v) is 16.1. The lowest BCUT2D eigenvalue weighted by Gasteiger charge is -2.60. The number of rotatable bonds is 3. The molecular weight excluding hydrogens is 422 g/mol. The van der Waals surface area contributed by atoms with Gasteiger partial charge in [0.25, 0.3) is 0 Å². The standard InChI is InChI=1S/C19H17F4N5O3/c1-9-2-11-5-18(4-9,16(29)30)28(11)17(31)27-14-3-12(13(8-24-14)19(21,22)23)15-25-6-10(20)7-26-15/h3,6-9,11H,2,4-5H2,1H3,(H,29,30)(H,24,27,31)/t9-,11?,18?/m1/s1. The van der Waals surface area contributed by atoms with Gasteiger partial charge in [-0.25, -0.2) is 28.9 Å². The number of piperidine rings is 1. The lowest BCUT2D eigenvalue weighted by molar-refractivity contribution is -0.173. The number of carbonyl (C=O) groups excluding carboxylic acids is 1. The van der Waals surface area contributed by atoms with Gasteiger partial charge < -0.3 is 10.0 Å². The lowest BCUT2D eigenvalue weighted by atomic mass is 9.64. The van der Waals surface area contributed by atoms with E-state index in [-0.39, 0.29) is 17.8 Å². The average Bonchev–Trinajstić information content (AvgIpc) is 2.66. The van der Waals surface area contributed by atoms with E-state index in [4.69, 9.17) is 0 Å². The topological polar surface area (TPSA) is 108 Å². The Labute approximate surface area is 173 Å². The average molecular weight is 439 g/mol. The predicted molar refractivity (Wildman–Crippen MR) is 98.3 cm³/mol. The second-order valence-electron chi connectivity index (χ2n) is 7.88. The Kier molecular flexibility index (Phi) is 4.82. The van der Waals surface area contributed by atoms with Crippen LogP contribution in [0.1, 0.15) is 31.7 Å². The molecule has 2 aromatic rings. The first-order chi connectivity index (χ1) is 14.5. The number of amides is 2. The third-order valence-electron chi connectivity index (χ3n) is 5.68. The van der Waals surface area contributed by atoms with Gasteiger partial charge >= 0.3 is 18.2 Å². The highest BCUT2D eigenvalue weighted by Crippen LogP contribution is 2.50. The summed E-state index contributed by atoms with van der Waals surface area (Å²) in [7, 11) is 0. The smallest absolute Gasteiger partial charge is 0.418 e. The summed E-state index contributed by atoms with van der Waals surface area (Å²) in [5.74, 6) is -2.45. The molecule has 12 heteroatoms. The summed E-state index contributed by atoms with van der Waals surface area (Å²) in [4.78, 5) is 36.7. The number of hydrogen-bond acceptors (Lipinski definition) is 5. The van der Waals surface area contributed by atoms with Crippen LogP contribution in [0.4, 0.5) is 28.2 Å². The SMILES string of the molecule is C[C@@H]1CC2CC(C(=O)O)(C1)N2C(=O)Nc1cc(-c2ncc(F)cn2)c(C(F)(F)F)cn1. The van der Waals surface area contributed by atoms with E-state index in [1.165, 1.54) is 4.90 Å². The molecule has 2 aliphatic heterocycles. The van der Waals surface area contributed by atoms with Crippen LogP contribution in [-0.4, -0.2) is 48.5 Å². The van der Waals surface area contributed by atoms with Crippen molar-refractivity contribution in [2.45, 2.75) is 43.9 Å². The summed E-state index contributed by atoms with van der Waals surface area (Å²) >= 11 is 0. The molecule has 2 aromatic heterocycles. The minimum atomic E-state index is -4.79. The fourth-order valence-corrected chi connectivity index (χ4v) is 4.50. The quantitative estimate of drug-likeness (QED) is 0.708. The molecule has 4 heterocycles. The van der Waals surface area contributed by atoms with Crippen LogP contribution in [0, 0.1) is 11.7 Å². The van der Waals surface area contributed by atoms with Crippen LogP contribution < -0.4 is 5.32 Å². The number of aromatic nitrogens is 3. The number of nitrogens with zero attached hydrogens (tertiary/aromatic N) is 4. The first-order valence-electron chi connectivity index (χ1n) is 9.40. The number of hydrogen-bond donors (Lipinski definition) is 2. The number of pyridine rings is 1. The van der Waals surface area contributed by atoms with Crippen LogP contribution >= 0.6 is 0 Å². The van der Waals surface area contributed by atoms with Gasteiger partial charge in [-0.15, -0.1) is 0 Å². The van der Waals surface area contributed by atoms with Crippen molar-refractivity contribution in [2.75, 3.05) is 5.32 Å². The summed E-state index contributed by atoms with van der Waals surface area (Å²) in [5, 5.41) is 12.1. The summed E-state index contributed by atoms with van der Waals surface area (Å²) in [6, 6.07) is -0.0995. The first-order valence-corrected chi connectivity index (χ1v) is 9.40. The van der Waals surface area contributed by atoms with Crippen molar-refractivity contribution in [1.82, 2.24) is 19.9 Å². The van der Waals surface area contributed by atoms with Gasteiger partial charge in [0.05, 0.1) is 18.0 Å². The van der Waals surface area contributed by atoms with Crippen LogP contribution in [0.3, 0.4) is 0 Å². The van der Waals surface area contributed by atoms with Gasteiger partial charge in [-0.1, -0.05) is 6.92 Å². The van der Waals surface area contributed by atoms with Gasteiger partial charge in [0.2, 0.25) is 0 Å². The Morgan fingerprint density at radius 1 is 1.19 bits per heavy atom. The highest BCUT2D eigenvalue weighted by Gasteiger charge is 2.63. The van der Waals surface area contributed by atoms with Gasteiger partial charge in [0.1, 0.15) is 11.4 Å². The summed E-state index contributed by atoms with van der Waals surface area (Å²) in [6.07, 6.45) is -1.57. The van der Waals surface area contributed by atoms with Crippen molar-refractivity contribution in [3.05, 3.63) is 36.0 Å². The van der Waals surface area contributed by atoms with Gasteiger partial charge in [-0.3, -0.25) is 5.32 Å². The molecule has 1 aliphatic carbocycles. The largest absolute Gasteiger partial charge is 0.479 e. The van der Waals surface area contributed by atoms with Crippen molar-refractivity contribution in [1.29, 1.82) is 0 Å². The molecule has 2 bridgehead atoms. The third kappa shape index (κ3) is 3.55. The number of alkyl halides is 3. The minimum Gasteiger partial charge on any atom is -0.479 e. The number of carboxylic acid groups (broad SMARTS) is 1. The van der Waals surface area contributed by atoms with Crippen LogP contribution in [0.25, 0.3) is 11.4 Å². The Morgan fingerprint density at radius 2 is 1.87 bits per heavy atom. The van der Waals surface area contributed by atoms with E-state index in [1.807, 2.05) is 6.92 Å². The van der Waals surface area contributed by atoms with Crippen LogP contribution in [-0.2, 0) is 11.0 Å². The number of urea groups is 1. The molecule has 5 rings (SSSR count). The molecule has 1 saturated carbocycles. The highest BCUT2D eigenvalue weighted by atomic mass is 19.4. The maximum atomic E-state index is 13.4. The van der Waals surface area contributed by atoms with Crippen LogP contribution in [0.15, 0.2) is 24.7 Å². The number of carbonyl (C=O) groups is 2. The van der Waals surface area contributed by atoms with Gasteiger partial charge in [0.15, 0.2) is 11.6 Å². The fourth-order valence-electron chi connectivity index (χ4n) is 4.50. The van der Waals surface area contributed by atoms with Crippen LogP contribution in [0.5, 0.6) is 0 Å². The molecule has 2 amide bonds. The van der Waals surface area contributed by atoms with E-state index < -0.39 is 46.5 Å². The Bertz CT molecular complexity index is 1050.